The zero-order valence-corrected chi connectivity index (χ0v) is 7.43. The SMILES string of the molecule is C=C(C)C(=O)OC1=CCCCC1. The zero-order chi connectivity index (χ0) is 8.97. The first-order chi connectivity index (χ1) is 5.70. The summed E-state index contributed by atoms with van der Waals surface area (Å²) in [6.45, 7) is 5.18. The van der Waals surface area contributed by atoms with Gasteiger partial charge in [-0.25, -0.2) is 4.79 Å². The molecule has 0 saturated carbocycles. The van der Waals surface area contributed by atoms with Crippen molar-refractivity contribution in [1.82, 2.24) is 0 Å². The van der Waals surface area contributed by atoms with E-state index in [1.807, 2.05) is 6.08 Å². The lowest BCUT2D eigenvalue weighted by Gasteiger charge is -2.12. The maximum Gasteiger partial charge on any atom is 0.338 e. The fourth-order valence-electron chi connectivity index (χ4n) is 1.11. The van der Waals surface area contributed by atoms with Crippen molar-refractivity contribution < 1.29 is 9.53 Å². The van der Waals surface area contributed by atoms with Crippen LogP contribution in [0, 0.1) is 0 Å². The highest BCUT2D eigenvalue weighted by Gasteiger charge is 2.09. The van der Waals surface area contributed by atoms with Crippen LogP contribution in [0.2, 0.25) is 0 Å². The highest BCUT2D eigenvalue weighted by molar-refractivity contribution is 5.87. The molecule has 66 valence electrons. The van der Waals surface area contributed by atoms with E-state index in [-0.39, 0.29) is 5.97 Å². The van der Waals surface area contributed by atoms with E-state index in [0.29, 0.717) is 5.57 Å². The number of carbonyl (C=O) groups is 1. The van der Waals surface area contributed by atoms with Crippen LogP contribution in [0.5, 0.6) is 0 Å². The molecule has 0 heterocycles. The minimum Gasteiger partial charge on any atom is -0.428 e. The summed E-state index contributed by atoms with van der Waals surface area (Å²) < 4.78 is 5.08. The molecule has 2 heteroatoms. The Labute approximate surface area is 72.9 Å². The van der Waals surface area contributed by atoms with Crippen molar-refractivity contribution in [2.24, 2.45) is 0 Å². The molecule has 0 unspecified atom stereocenters. The van der Waals surface area contributed by atoms with E-state index in [0.717, 1.165) is 25.0 Å². The topological polar surface area (TPSA) is 26.3 Å². The lowest BCUT2D eigenvalue weighted by Crippen LogP contribution is -2.06. The normalized spacial score (nSPS) is 16.6. The number of rotatable bonds is 2. The quantitative estimate of drug-likeness (QED) is 0.465. The molecule has 0 fully saturated rings. The molecule has 1 aliphatic carbocycles. The molecule has 0 atom stereocenters. The first-order valence-corrected chi connectivity index (χ1v) is 4.27. The van der Waals surface area contributed by atoms with Gasteiger partial charge in [0.1, 0.15) is 5.76 Å². The Morgan fingerprint density at radius 3 is 2.83 bits per heavy atom. The van der Waals surface area contributed by atoms with Crippen molar-refractivity contribution >= 4 is 5.97 Å². The van der Waals surface area contributed by atoms with Crippen LogP contribution in [0.1, 0.15) is 32.6 Å². The molecule has 0 aliphatic heterocycles. The van der Waals surface area contributed by atoms with Gasteiger partial charge in [0.15, 0.2) is 0 Å². The molecule has 1 rings (SSSR count). The average Bonchev–Trinajstić information content (AvgIpc) is 2.06. The van der Waals surface area contributed by atoms with Crippen LogP contribution in [0.15, 0.2) is 24.0 Å². The maximum atomic E-state index is 11.0. The number of ether oxygens (including phenoxy) is 1. The molecule has 1 aliphatic rings. The van der Waals surface area contributed by atoms with E-state index in [2.05, 4.69) is 6.58 Å². The number of hydrogen-bond donors (Lipinski definition) is 0. The Morgan fingerprint density at radius 2 is 2.33 bits per heavy atom. The number of allylic oxidation sites excluding steroid dienone is 2. The highest BCUT2D eigenvalue weighted by atomic mass is 16.5. The van der Waals surface area contributed by atoms with Crippen LogP contribution in [0.3, 0.4) is 0 Å². The molecule has 0 aromatic heterocycles. The second-order valence-electron chi connectivity index (χ2n) is 3.09. The molecule has 0 amide bonds. The standard InChI is InChI=1S/C10H14O2/c1-8(2)10(11)12-9-6-4-3-5-7-9/h6H,1,3-5,7H2,2H3. The molecule has 0 radical (unpaired) electrons. The third-order valence-corrected chi connectivity index (χ3v) is 1.82. The van der Waals surface area contributed by atoms with Gasteiger partial charge in [-0.15, -0.1) is 0 Å². The second-order valence-corrected chi connectivity index (χ2v) is 3.09. The average molecular weight is 166 g/mol. The van der Waals surface area contributed by atoms with E-state index in [1.54, 1.807) is 6.92 Å². The summed E-state index contributed by atoms with van der Waals surface area (Å²) in [7, 11) is 0. The predicted octanol–water partition coefficient (Wildman–Crippen LogP) is 2.56. The fraction of sp³-hybridized carbons (Fsp3) is 0.500. The summed E-state index contributed by atoms with van der Waals surface area (Å²) >= 11 is 0. The van der Waals surface area contributed by atoms with Crippen LogP contribution >= 0.6 is 0 Å². The molecular formula is C10H14O2. The summed E-state index contributed by atoms with van der Waals surface area (Å²) in [5.74, 6) is 0.511. The Morgan fingerprint density at radius 1 is 1.58 bits per heavy atom. The van der Waals surface area contributed by atoms with Crippen molar-refractivity contribution in [3.05, 3.63) is 24.0 Å². The number of carbonyl (C=O) groups excluding carboxylic acids is 1. The monoisotopic (exact) mass is 166 g/mol. The van der Waals surface area contributed by atoms with Crippen LogP contribution < -0.4 is 0 Å². The van der Waals surface area contributed by atoms with Gasteiger partial charge in [0, 0.05) is 12.0 Å². The predicted molar refractivity (Wildman–Crippen MR) is 47.5 cm³/mol. The lowest BCUT2D eigenvalue weighted by atomic mass is 10.1. The number of esters is 1. The van der Waals surface area contributed by atoms with Gasteiger partial charge >= 0.3 is 5.97 Å². The van der Waals surface area contributed by atoms with E-state index in [4.69, 9.17) is 4.74 Å². The summed E-state index contributed by atoms with van der Waals surface area (Å²) in [5.41, 5.74) is 0.460. The van der Waals surface area contributed by atoms with Gasteiger partial charge in [-0.2, -0.15) is 0 Å². The minimum absolute atomic E-state index is 0.303. The first kappa shape index (κ1) is 9.04. The van der Waals surface area contributed by atoms with Crippen LogP contribution in [0.4, 0.5) is 0 Å². The summed E-state index contributed by atoms with van der Waals surface area (Å²) in [5, 5.41) is 0. The van der Waals surface area contributed by atoms with Crippen molar-refractivity contribution in [2.45, 2.75) is 32.6 Å². The molecule has 12 heavy (non-hydrogen) atoms. The first-order valence-electron chi connectivity index (χ1n) is 4.27. The van der Waals surface area contributed by atoms with Gasteiger partial charge in [-0.3, -0.25) is 0 Å². The van der Waals surface area contributed by atoms with E-state index < -0.39 is 0 Å². The van der Waals surface area contributed by atoms with E-state index in [1.165, 1.54) is 6.42 Å². The van der Waals surface area contributed by atoms with Crippen molar-refractivity contribution in [2.75, 3.05) is 0 Å². The van der Waals surface area contributed by atoms with Gasteiger partial charge in [-0.1, -0.05) is 6.58 Å². The summed E-state index contributed by atoms with van der Waals surface area (Å²) in [6.07, 6.45) is 6.23. The third-order valence-electron chi connectivity index (χ3n) is 1.82. The third kappa shape index (κ3) is 2.53. The molecule has 0 bridgehead atoms. The van der Waals surface area contributed by atoms with Gasteiger partial charge in [0.25, 0.3) is 0 Å². The molecule has 0 saturated heterocycles. The highest BCUT2D eigenvalue weighted by Crippen LogP contribution is 2.18. The largest absolute Gasteiger partial charge is 0.428 e. The second kappa shape index (κ2) is 4.10. The van der Waals surface area contributed by atoms with Gasteiger partial charge in [-0.05, 0) is 32.3 Å². The molecule has 0 aromatic carbocycles. The summed E-state index contributed by atoms with van der Waals surface area (Å²) in [4.78, 5) is 11.0. The van der Waals surface area contributed by atoms with Crippen LogP contribution in [-0.2, 0) is 9.53 Å². The van der Waals surface area contributed by atoms with Crippen LogP contribution in [-0.4, -0.2) is 5.97 Å². The zero-order valence-electron chi connectivity index (χ0n) is 7.43. The van der Waals surface area contributed by atoms with E-state index in [9.17, 15) is 4.79 Å². The number of hydrogen-bond acceptors (Lipinski definition) is 2. The van der Waals surface area contributed by atoms with Gasteiger partial charge in [0.2, 0.25) is 0 Å². The molecular weight excluding hydrogens is 152 g/mol. The Hall–Kier alpha value is -1.05. The minimum atomic E-state index is -0.303. The summed E-state index contributed by atoms with van der Waals surface area (Å²) in [6, 6.07) is 0. The molecule has 0 spiro atoms. The van der Waals surface area contributed by atoms with Gasteiger partial charge < -0.3 is 4.74 Å². The van der Waals surface area contributed by atoms with E-state index >= 15 is 0 Å². The van der Waals surface area contributed by atoms with Crippen LogP contribution in [0.25, 0.3) is 0 Å². The maximum absolute atomic E-state index is 11.0. The Bertz CT molecular complexity index is 226. The Kier molecular flexibility index (Phi) is 3.09. The fourth-order valence-corrected chi connectivity index (χ4v) is 1.11. The van der Waals surface area contributed by atoms with Gasteiger partial charge in [0.05, 0.1) is 0 Å². The molecule has 0 aromatic rings. The van der Waals surface area contributed by atoms with Crippen molar-refractivity contribution in [3.63, 3.8) is 0 Å². The smallest absolute Gasteiger partial charge is 0.338 e. The van der Waals surface area contributed by atoms with Crippen molar-refractivity contribution in [1.29, 1.82) is 0 Å². The lowest BCUT2D eigenvalue weighted by molar-refractivity contribution is -0.135. The van der Waals surface area contributed by atoms with Crippen molar-refractivity contribution in [3.8, 4) is 0 Å². The molecule has 2 nitrogen and oxygen atoms in total. The Balaban J connectivity index is 2.44. The molecule has 0 N–H and O–H groups in total.